The molecule has 0 radical (unpaired) electrons. The van der Waals surface area contributed by atoms with Gasteiger partial charge in [-0.05, 0) is 11.6 Å². The van der Waals surface area contributed by atoms with Crippen LogP contribution in [0.5, 0.6) is 5.75 Å². The SMILES string of the molecule is COc1ccccc1Cn1c(-c2ccccc2)cn2c3c(=O)n(C)c(=O)n(C)c3nc12. The van der Waals surface area contributed by atoms with Crippen molar-refractivity contribution in [1.82, 2.24) is 23.1 Å². The average molecular weight is 415 g/mol. The Kier molecular flexibility index (Phi) is 4.28. The Labute approximate surface area is 177 Å². The van der Waals surface area contributed by atoms with Crippen LogP contribution in [-0.2, 0) is 20.6 Å². The van der Waals surface area contributed by atoms with Crippen LogP contribution in [0.4, 0.5) is 0 Å². The van der Waals surface area contributed by atoms with Gasteiger partial charge in [0.15, 0.2) is 11.2 Å². The molecule has 0 aliphatic rings. The van der Waals surface area contributed by atoms with E-state index in [4.69, 9.17) is 9.72 Å². The van der Waals surface area contributed by atoms with Crippen molar-refractivity contribution in [3.05, 3.63) is 87.2 Å². The third-order valence-corrected chi connectivity index (χ3v) is 5.65. The first-order valence-electron chi connectivity index (χ1n) is 9.86. The standard InChI is InChI=1S/C23H21N5O3/c1-25-20-19(21(29)26(2)23(25)30)28-14-17(15-9-5-4-6-10-15)27(22(28)24-20)13-16-11-7-8-12-18(16)31-3/h4-12,14H,13H2,1-3H3. The summed E-state index contributed by atoms with van der Waals surface area (Å²) < 4.78 is 11.9. The number of para-hydroxylation sites is 1. The highest BCUT2D eigenvalue weighted by Crippen LogP contribution is 2.28. The molecule has 31 heavy (non-hydrogen) atoms. The van der Waals surface area contributed by atoms with Crippen molar-refractivity contribution in [3.63, 3.8) is 0 Å². The second kappa shape index (κ2) is 7.02. The number of ether oxygens (including phenoxy) is 1. The van der Waals surface area contributed by atoms with Gasteiger partial charge < -0.3 is 9.30 Å². The quantitative estimate of drug-likeness (QED) is 0.452. The molecule has 0 N–H and O–H groups in total. The van der Waals surface area contributed by atoms with Gasteiger partial charge in [0.2, 0.25) is 5.78 Å². The molecule has 0 aliphatic heterocycles. The Hall–Kier alpha value is -4.07. The van der Waals surface area contributed by atoms with Crippen LogP contribution >= 0.6 is 0 Å². The highest BCUT2D eigenvalue weighted by molar-refractivity contribution is 5.78. The third kappa shape index (κ3) is 2.79. The van der Waals surface area contributed by atoms with Crippen molar-refractivity contribution >= 4 is 16.9 Å². The van der Waals surface area contributed by atoms with Gasteiger partial charge in [0.1, 0.15) is 5.75 Å². The Morgan fingerprint density at radius 1 is 0.935 bits per heavy atom. The molecular formula is C23H21N5O3. The number of aryl methyl sites for hydroxylation is 1. The first-order valence-corrected chi connectivity index (χ1v) is 9.86. The van der Waals surface area contributed by atoms with E-state index in [1.165, 1.54) is 11.6 Å². The van der Waals surface area contributed by atoms with Gasteiger partial charge in [-0.1, -0.05) is 48.5 Å². The molecule has 0 saturated carbocycles. The topological polar surface area (TPSA) is 75.5 Å². The maximum atomic E-state index is 13.0. The first kappa shape index (κ1) is 18.9. The van der Waals surface area contributed by atoms with E-state index >= 15 is 0 Å². The predicted octanol–water partition coefficient (Wildman–Crippen LogP) is 2.41. The molecule has 0 atom stereocenters. The lowest BCUT2D eigenvalue weighted by atomic mass is 10.1. The van der Waals surface area contributed by atoms with Gasteiger partial charge in [-0.25, -0.2) is 4.79 Å². The average Bonchev–Trinajstić information content (AvgIpc) is 3.34. The summed E-state index contributed by atoms with van der Waals surface area (Å²) in [7, 11) is 4.75. The molecule has 0 unspecified atom stereocenters. The molecule has 5 aromatic rings. The number of hydrogen-bond acceptors (Lipinski definition) is 4. The van der Waals surface area contributed by atoms with Crippen LogP contribution in [-0.4, -0.2) is 30.2 Å². The van der Waals surface area contributed by atoms with Gasteiger partial charge in [-0.2, -0.15) is 4.98 Å². The summed E-state index contributed by atoms with van der Waals surface area (Å²) in [5.74, 6) is 1.35. The summed E-state index contributed by atoms with van der Waals surface area (Å²) in [5, 5.41) is 0. The molecule has 0 bridgehead atoms. The monoisotopic (exact) mass is 415 g/mol. The van der Waals surface area contributed by atoms with Crippen LogP contribution in [0.2, 0.25) is 0 Å². The number of rotatable bonds is 4. The zero-order valence-corrected chi connectivity index (χ0v) is 17.4. The third-order valence-electron chi connectivity index (χ3n) is 5.65. The zero-order chi connectivity index (χ0) is 21.7. The lowest BCUT2D eigenvalue weighted by Gasteiger charge is -2.12. The molecule has 8 heteroatoms. The molecule has 0 fully saturated rings. The molecule has 0 amide bonds. The minimum absolute atomic E-state index is 0.358. The second-order valence-electron chi connectivity index (χ2n) is 7.44. The van der Waals surface area contributed by atoms with Crippen LogP contribution in [0, 0.1) is 0 Å². The minimum Gasteiger partial charge on any atom is -0.496 e. The Balaban J connectivity index is 1.87. The molecule has 0 saturated heterocycles. The van der Waals surface area contributed by atoms with Crippen molar-refractivity contribution < 1.29 is 4.74 Å². The highest BCUT2D eigenvalue weighted by atomic mass is 16.5. The van der Waals surface area contributed by atoms with Crippen LogP contribution in [0.1, 0.15) is 5.56 Å². The number of nitrogens with zero attached hydrogens (tertiary/aromatic N) is 5. The van der Waals surface area contributed by atoms with E-state index in [1.807, 2.05) is 65.4 Å². The van der Waals surface area contributed by atoms with Crippen LogP contribution < -0.4 is 16.0 Å². The van der Waals surface area contributed by atoms with Crippen LogP contribution in [0.3, 0.4) is 0 Å². The molecule has 156 valence electrons. The van der Waals surface area contributed by atoms with Gasteiger partial charge in [-0.15, -0.1) is 0 Å². The first-order chi connectivity index (χ1) is 15.0. The molecule has 3 aromatic heterocycles. The maximum Gasteiger partial charge on any atom is 0.332 e. The number of benzene rings is 2. The molecule has 8 nitrogen and oxygen atoms in total. The number of fused-ring (bicyclic) bond motifs is 3. The summed E-state index contributed by atoms with van der Waals surface area (Å²) in [6.45, 7) is 0.488. The van der Waals surface area contributed by atoms with Crippen LogP contribution in [0.15, 0.2) is 70.4 Å². The fraction of sp³-hybridized carbons (Fsp3) is 0.174. The smallest absolute Gasteiger partial charge is 0.332 e. The minimum atomic E-state index is -0.405. The zero-order valence-electron chi connectivity index (χ0n) is 17.4. The number of methoxy groups -OCH3 is 1. The molecule has 5 rings (SSSR count). The van der Waals surface area contributed by atoms with E-state index in [-0.39, 0.29) is 5.56 Å². The van der Waals surface area contributed by atoms with Crippen molar-refractivity contribution in [2.24, 2.45) is 14.1 Å². The second-order valence-corrected chi connectivity index (χ2v) is 7.44. The maximum absolute atomic E-state index is 13.0. The van der Waals surface area contributed by atoms with Gasteiger partial charge in [0.05, 0.1) is 19.3 Å². The van der Waals surface area contributed by atoms with Crippen LogP contribution in [0.25, 0.3) is 28.2 Å². The van der Waals surface area contributed by atoms with E-state index in [9.17, 15) is 9.59 Å². The fourth-order valence-corrected chi connectivity index (χ4v) is 4.01. The van der Waals surface area contributed by atoms with E-state index < -0.39 is 5.69 Å². The summed E-state index contributed by atoms with van der Waals surface area (Å²) in [4.78, 5) is 30.1. The van der Waals surface area contributed by atoms with E-state index in [0.29, 0.717) is 23.5 Å². The van der Waals surface area contributed by atoms with Gasteiger partial charge in [-0.3, -0.25) is 18.3 Å². The normalized spacial score (nSPS) is 11.5. The lowest BCUT2D eigenvalue weighted by Crippen LogP contribution is -2.37. The largest absolute Gasteiger partial charge is 0.496 e. The summed E-state index contributed by atoms with van der Waals surface area (Å²) in [6.07, 6.45) is 1.90. The lowest BCUT2D eigenvalue weighted by molar-refractivity contribution is 0.408. The fourth-order valence-electron chi connectivity index (χ4n) is 4.01. The Bertz CT molecular complexity index is 1550. The molecule has 3 heterocycles. The summed E-state index contributed by atoms with van der Waals surface area (Å²) in [5.41, 5.74) is 2.84. The Morgan fingerprint density at radius 3 is 2.39 bits per heavy atom. The Morgan fingerprint density at radius 2 is 1.65 bits per heavy atom. The van der Waals surface area contributed by atoms with Crippen molar-refractivity contribution in [2.75, 3.05) is 7.11 Å². The molecule has 0 spiro atoms. The molecular weight excluding hydrogens is 394 g/mol. The van der Waals surface area contributed by atoms with Crippen molar-refractivity contribution in [2.45, 2.75) is 6.54 Å². The number of imidazole rings is 2. The van der Waals surface area contributed by atoms with E-state index in [0.717, 1.165) is 27.1 Å². The van der Waals surface area contributed by atoms with Gasteiger partial charge in [0.25, 0.3) is 5.56 Å². The van der Waals surface area contributed by atoms with E-state index in [2.05, 4.69) is 0 Å². The van der Waals surface area contributed by atoms with Gasteiger partial charge >= 0.3 is 5.69 Å². The van der Waals surface area contributed by atoms with Gasteiger partial charge in [0, 0.05) is 25.9 Å². The molecule has 0 aliphatic carbocycles. The number of aromatic nitrogens is 5. The molecule has 2 aromatic carbocycles. The van der Waals surface area contributed by atoms with E-state index in [1.54, 1.807) is 18.6 Å². The van der Waals surface area contributed by atoms with Crippen molar-refractivity contribution in [1.29, 1.82) is 0 Å². The number of hydrogen-bond donors (Lipinski definition) is 0. The summed E-state index contributed by atoms with van der Waals surface area (Å²) in [6, 6.07) is 17.7. The van der Waals surface area contributed by atoms with Crippen molar-refractivity contribution in [3.8, 4) is 17.0 Å². The predicted molar refractivity (Wildman–Crippen MR) is 119 cm³/mol. The summed E-state index contributed by atoms with van der Waals surface area (Å²) >= 11 is 0. The highest BCUT2D eigenvalue weighted by Gasteiger charge is 2.21.